The van der Waals surface area contributed by atoms with Crippen LogP contribution in [0.15, 0.2) is 18.2 Å². The van der Waals surface area contributed by atoms with Crippen LogP contribution in [-0.4, -0.2) is 19.0 Å². The van der Waals surface area contributed by atoms with Crippen LogP contribution in [-0.2, 0) is 11.3 Å². The highest BCUT2D eigenvalue weighted by atomic mass is 16.1. The van der Waals surface area contributed by atoms with E-state index in [1.54, 1.807) is 0 Å². The van der Waals surface area contributed by atoms with Gasteiger partial charge in [-0.1, -0.05) is 32.0 Å². The molecule has 1 aliphatic rings. The lowest BCUT2D eigenvalue weighted by Gasteiger charge is -2.14. The Kier molecular flexibility index (Phi) is 4.59. The number of carbonyl (C=O) groups excluding carboxylic acids is 1. The second-order valence-corrected chi connectivity index (χ2v) is 5.75. The molecule has 3 heteroatoms. The largest absolute Gasteiger partial charge is 0.352 e. The molecule has 104 valence electrons. The summed E-state index contributed by atoms with van der Waals surface area (Å²) in [7, 11) is 0. The van der Waals surface area contributed by atoms with Crippen LogP contribution in [0.1, 0.15) is 42.9 Å². The predicted molar refractivity (Wildman–Crippen MR) is 78.1 cm³/mol. The summed E-state index contributed by atoms with van der Waals surface area (Å²) >= 11 is 0. The molecule has 0 aliphatic carbocycles. The van der Waals surface area contributed by atoms with Crippen LogP contribution in [0.5, 0.6) is 0 Å². The molecule has 0 bridgehead atoms. The fourth-order valence-electron chi connectivity index (χ4n) is 2.45. The van der Waals surface area contributed by atoms with Gasteiger partial charge in [0.1, 0.15) is 0 Å². The zero-order valence-electron chi connectivity index (χ0n) is 12.1. The third-order valence-corrected chi connectivity index (χ3v) is 3.92. The first-order valence-corrected chi connectivity index (χ1v) is 7.15. The lowest BCUT2D eigenvalue weighted by atomic mass is 9.97. The minimum atomic E-state index is 0.147. The number of aryl methyl sites for hydroxylation is 1. The van der Waals surface area contributed by atoms with Crippen molar-refractivity contribution in [2.75, 3.05) is 13.1 Å². The Morgan fingerprint density at radius 2 is 2.26 bits per heavy atom. The highest BCUT2D eigenvalue weighted by molar-refractivity contribution is 5.79. The van der Waals surface area contributed by atoms with Gasteiger partial charge < -0.3 is 10.6 Å². The Labute approximate surface area is 115 Å². The van der Waals surface area contributed by atoms with Crippen molar-refractivity contribution < 1.29 is 4.79 Å². The second kappa shape index (κ2) is 6.20. The number of hydrogen-bond donors (Lipinski definition) is 2. The SMILES string of the molecule is Cc1ccc(C(C)C)cc1CNC(=O)C1CCNC1. The smallest absolute Gasteiger partial charge is 0.224 e. The maximum atomic E-state index is 12.0. The van der Waals surface area contributed by atoms with Crippen molar-refractivity contribution in [2.24, 2.45) is 5.92 Å². The summed E-state index contributed by atoms with van der Waals surface area (Å²) in [6.45, 7) is 8.90. The van der Waals surface area contributed by atoms with Gasteiger partial charge in [0.05, 0.1) is 5.92 Å². The zero-order valence-corrected chi connectivity index (χ0v) is 12.1. The van der Waals surface area contributed by atoms with Gasteiger partial charge in [0.15, 0.2) is 0 Å². The fraction of sp³-hybridized carbons (Fsp3) is 0.562. The van der Waals surface area contributed by atoms with Crippen molar-refractivity contribution in [3.63, 3.8) is 0 Å². The molecule has 1 heterocycles. The molecule has 1 atom stereocenters. The Bertz CT molecular complexity index is 448. The van der Waals surface area contributed by atoms with Crippen molar-refractivity contribution in [3.8, 4) is 0 Å². The number of carbonyl (C=O) groups is 1. The lowest BCUT2D eigenvalue weighted by molar-refractivity contribution is -0.124. The number of hydrogen-bond acceptors (Lipinski definition) is 2. The van der Waals surface area contributed by atoms with Crippen LogP contribution in [0.4, 0.5) is 0 Å². The Hall–Kier alpha value is -1.35. The van der Waals surface area contributed by atoms with E-state index in [0.29, 0.717) is 12.5 Å². The first-order chi connectivity index (χ1) is 9.08. The summed E-state index contributed by atoms with van der Waals surface area (Å²) < 4.78 is 0. The van der Waals surface area contributed by atoms with Gasteiger partial charge in [-0.25, -0.2) is 0 Å². The first kappa shape index (κ1) is 14.1. The number of amides is 1. The van der Waals surface area contributed by atoms with Crippen molar-refractivity contribution in [2.45, 2.75) is 39.7 Å². The average Bonchev–Trinajstić information content (AvgIpc) is 2.91. The molecule has 2 N–H and O–H groups in total. The molecule has 2 rings (SSSR count). The van der Waals surface area contributed by atoms with Crippen LogP contribution in [0, 0.1) is 12.8 Å². The molecule has 0 radical (unpaired) electrons. The summed E-state index contributed by atoms with van der Waals surface area (Å²) in [6.07, 6.45) is 0.955. The van der Waals surface area contributed by atoms with Gasteiger partial charge in [0, 0.05) is 13.1 Å². The van der Waals surface area contributed by atoms with E-state index in [9.17, 15) is 4.79 Å². The predicted octanol–water partition coefficient (Wildman–Crippen LogP) is 2.34. The lowest BCUT2D eigenvalue weighted by Crippen LogP contribution is -2.31. The molecule has 3 nitrogen and oxygen atoms in total. The summed E-state index contributed by atoms with van der Waals surface area (Å²) in [5.74, 6) is 0.849. The van der Waals surface area contributed by atoms with Crippen molar-refractivity contribution >= 4 is 5.91 Å². The quantitative estimate of drug-likeness (QED) is 0.872. The van der Waals surface area contributed by atoms with Crippen molar-refractivity contribution in [1.82, 2.24) is 10.6 Å². The van der Waals surface area contributed by atoms with Crippen LogP contribution >= 0.6 is 0 Å². The maximum absolute atomic E-state index is 12.0. The molecular formula is C16H24N2O. The minimum absolute atomic E-state index is 0.147. The van der Waals surface area contributed by atoms with Gasteiger partial charge in [-0.3, -0.25) is 4.79 Å². The van der Waals surface area contributed by atoms with Crippen LogP contribution < -0.4 is 10.6 Å². The summed E-state index contributed by atoms with van der Waals surface area (Å²) in [6, 6.07) is 6.54. The van der Waals surface area contributed by atoms with Gasteiger partial charge in [-0.2, -0.15) is 0 Å². The van der Waals surface area contributed by atoms with E-state index in [2.05, 4.69) is 49.6 Å². The van der Waals surface area contributed by atoms with Crippen molar-refractivity contribution in [3.05, 3.63) is 34.9 Å². The van der Waals surface area contributed by atoms with E-state index in [1.807, 2.05) is 0 Å². The maximum Gasteiger partial charge on any atom is 0.224 e. The molecule has 0 saturated carbocycles. The fourth-order valence-corrected chi connectivity index (χ4v) is 2.45. The molecule has 1 aromatic carbocycles. The van der Waals surface area contributed by atoms with Crippen LogP contribution in [0.2, 0.25) is 0 Å². The Morgan fingerprint density at radius 3 is 2.89 bits per heavy atom. The molecule has 0 aromatic heterocycles. The molecule has 1 fully saturated rings. The van der Waals surface area contributed by atoms with E-state index in [1.165, 1.54) is 16.7 Å². The Morgan fingerprint density at radius 1 is 1.47 bits per heavy atom. The third-order valence-electron chi connectivity index (χ3n) is 3.92. The summed E-state index contributed by atoms with van der Waals surface area (Å²) in [5, 5.41) is 6.29. The number of rotatable bonds is 4. The van der Waals surface area contributed by atoms with Crippen LogP contribution in [0.25, 0.3) is 0 Å². The van der Waals surface area contributed by atoms with Crippen molar-refractivity contribution in [1.29, 1.82) is 0 Å². The topological polar surface area (TPSA) is 41.1 Å². The standard InChI is InChI=1S/C16H24N2O/c1-11(2)13-5-4-12(3)15(8-13)10-18-16(19)14-6-7-17-9-14/h4-5,8,11,14,17H,6-7,9-10H2,1-3H3,(H,18,19). The molecule has 0 spiro atoms. The summed E-state index contributed by atoms with van der Waals surface area (Å²) in [4.78, 5) is 12.0. The highest BCUT2D eigenvalue weighted by Crippen LogP contribution is 2.18. The van der Waals surface area contributed by atoms with E-state index < -0.39 is 0 Å². The second-order valence-electron chi connectivity index (χ2n) is 5.75. The van der Waals surface area contributed by atoms with Gasteiger partial charge in [-0.05, 0) is 42.5 Å². The molecular weight excluding hydrogens is 236 g/mol. The van der Waals surface area contributed by atoms with E-state index in [4.69, 9.17) is 0 Å². The monoisotopic (exact) mass is 260 g/mol. The van der Waals surface area contributed by atoms with E-state index in [0.717, 1.165) is 19.5 Å². The minimum Gasteiger partial charge on any atom is -0.352 e. The molecule has 1 amide bonds. The molecule has 19 heavy (non-hydrogen) atoms. The van der Waals surface area contributed by atoms with Gasteiger partial charge in [-0.15, -0.1) is 0 Å². The molecule has 1 aromatic rings. The molecule has 1 saturated heterocycles. The van der Waals surface area contributed by atoms with Gasteiger partial charge >= 0.3 is 0 Å². The number of nitrogens with one attached hydrogen (secondary N) is 2. The zero-order chi connectivity index (χ0) is 13.8. The Balaban J connectivity index is 1.98. The first-order valence-electron chi connectivity index (χ1n) is 7.15. The van der Waals surface area contributed by atoms with Gasteiger partial charge in [0.25, 0.3) is 0 Å². The molecule has 1 aliphatic heterocycles. The van der Waals surface area contributed by atoms with E-state index in [-0.39, 0.29) is 11.8 Å². The third kappa shape index (κ3) is 3.57. The highest BCUT2D eigenvalue weighted by Gasteiger charge is 2.21. The van der Waals surface area contributed by atoms with Gasteiger partial charge in [0.2, 0.25) is 5.91 Å². The number of benzene rings is 1. The average molecular weight is 260 g/mol. The van der Waals surface area contributed by atoms with Crippen LogP contribution in [0.3, 0.4) is 0 Å². The normalized spacial score (nSPS) is 18.8. The summed E-state index contributed by atoms with van der Waals surface area (Å²) in [5.41, 5.74) is 3.80. The molecule has 1 unspecified atom stereocenters. The van der Waals surface area contributed by atoms with E-state index >= 15 is 0 Å².